The topological polar surface area (TPSA) is 74.6 Å². The lowest BCUT2D eigenvalue weighted by molar-refractivity contribution is -0.129. The predicted octanol–water partition coefficient (Wildman–Crippen LogP) is 5.57. The maximum absolute atomic E-state index is 11.7. The Kier molecular flexibility index (Phi) is 5.96. The van der Waals surface area contributed by atoms with E-state index in [0.717, 1.165) is 27.3 Å². The molecule has 0 saturated heterocycles. The molecule has 6 heteroatoms. The molecule has 0 saturated carbocycles. The van der Waals surface area contributed by atoms with E-state index in [1.165, 1.54) is 11.3 Å². The third-order valence-electron chi connectivity index (χ3n) is 4.46. The molecule has 5 nitrogen and oxygen atoms in total. The van der Waals surface area contributed by atoms with Gasteiger partial charge in [-0.15, -0.1) is 0 Å². The smallest absolute Gasteiger partial charge is 0.352 e. The summed E-state index contributed by atoms with van der Waals surface area (Å²) in [5, 5.41) is 14.2. The van der Waals surface area contributed by atoms with Gasteiger partial charge >= 0.3 is 5.97 Å². The van der Waals surface area contributed by atoms with Crippen LogP contribution >= 0.6 is 11.3 Å². The van der Waals surface area contributed by atoms with Gasteiger partial charge in [0.1, 0.15) is 5.71 Å². The van der Waals surface area contributed by atoms with Crippen LogP contribution in [0.3, 0.4) is 0 Å². The third kappa shape index (κ3) is 4.61. The Morgan fingerprint density at radius 2 is 1.43 bits per heavy atom. The Balaban J connectivity index is 1.66. The summed E-state index contributed by atoms with van der Waals surface area (Å²) in [6.07, 6.45) is 0.228. The summed E-state index contributed by atoms with van der Waals surface area (Å²) >= 11 is 1.45. The fourth-order valence-electron chi connectivity index (χ4n) is 3.01. The molecule has 0 amide bonds. The summed E-state index contributed by atoms with van der Waals surface area (Å²) in [6.45, 7) is 0. The van der Waals surface area contributed by atoms with Gasteiger partial charge in [-0.25, -0.2) is 9.78 Å². The molecule has 1 heterocycles. The molecule has 0 bridgehead atoms. The Hall–Kier alpha value is -3.77. The first-order valence-electron chi connectivity index (χ1n) is 9.42. The van der Waals surface area contributed by atoms with Crippen LogP contribution in [0.15, 0.2) is 96.1 Å². The number of carboxylic acid groups (broad SMARTS) is 1. The zero-order chi connectivity index (χ0) is 20.8. The van der Waals surface area contributed by atoms with Crippen molar-refractivity contribution in [3.63, 3.8) is 0 Å². The molecule has 4 rings (SSSR count). The highest BCUT2D eigenvalue weighted by molar-refractivity contribution is 7.19. The summed E-state index contributed by atoms with van der Waals surface area (Å²) in [5.74, 6) is -1.06. The normalized spacial score (nSPS) is 11.3. The van der Waals surface area contributed by atoms with Gasteiger partial charge in [0.2, 0.25) is 5.13 Å². The first kappa shape index (κ1) is 19.5. The maximum Gasteiger partial charge on any atom is 0.352 e. The van der Waals surface area contributed by atoms with Crippen LogP contribution in [0.4, 0.5) is 5.13 Å². The SMILES string of the molecule is O=C(O)C(Cc1ccccc1)=NNc1nc(-c2ccccc2)c(-c2ccccc2)s1. The summed E-state index contributed by atoms with van der Waals surface area (Å²) in [4.78, 5) is 17.4. The predicted molar refractivity (Wildman–Crippen MR) is 122 cm³/mol. The van der Waals surface area contributed by atoms with E-state index in [0.29, 0.717) is 5.13 Å². The second-order valence-corrected chi connectivity index (χ2v) is 7.57. The van der Waals surface area contributed by atoms with E-state index in [2.05, 4.69) is 10.5 Å². The van der Waals surface area contributed by atoms with Crippen molar-refractivity contribution >= 4 is 28.1 Å². The Morgan fingerprint density at radius 3 is 2.03 bits per heavy atom. The second kappa shape index (κ2) is 9.15. The van der Waals surface area contributed by atoms with Crippen molar-refractivity contribution in [2.24, 2.45) is 5.10 Å². The largest absolute Gasteiger partial charge is 0.477 e. The highest BCUT2D eigenvalue weighted by Crippen LogP contribution is 2.38. The number of anilines is 1. The number of rotatable bonds is 7. The molecule has 0 fully saturated rings. The molecule has 0 aliphatic heterocycles. The van der Waals surface area contributed by atoms with E-state index in [4.69, 9.17) is 4.98 Å². The van der Waals surface area contributed by atoms with Crippen molar-refractivity contribution in [1.82, 2.24) is 4.98 Å². The van der Waals surface area contributed by atoms with Crippen molar-refractivity contribution in [3.05, 3.63) is 96.6 Å². The summed E-state index contributed by atoms with van der Waals surface area (Å²) in [7, 11) is 0. The second-order valence-electron chi connectivity index (χ2n) is 6.57. The van der Waals surface area contributed by atoms with Gasteiger partial charge < -0.3 is 5.11 Å². The number of benzene rings is 3. The average molecular weight is 414 g/mol. The van der Waals surface area contributed by atoms with Gasteiger partial charge in [-0.1, -0.05) is 102 Å². The minimum absolute atomic E-state index is 0.0268. The number of hydrogen-bond acceptors (Lipinski definition) is 5. The Bertz CT molecular complexity index is 1100. The van der Waals surface area contributed by atoms with E-state index < -0.39 is 5.97 Å². The average Bonchev–Trinajstić information content (AvgIpc) is 3.23. The van der Waals surface area contributed by atoms with Crippen LogP contribution in [0.25, 0.3) is 21.7 Å². The molecule has 3 aromatic carbocycles. The van der Waals surface area contributed by atoms with E-state index in [1.807, 2.05) is 91.0 Å². The molecule has 148 valence electrons. The Labute approximate surface area is 178 Å². The van der Waals surface area contributed by atoms with Gasteiger partial charge in [-0.2, -0.15) is 5.10 Å². The minimum Gasteiger partial charge on any atom is -0.477 e. The first-order chi connectivity index (χ1) is 14.7. The van der Waals surface area contributed by atoms with E-state index in [9.17, 15) is 9.90 Å². The van der Waals surface area contributed by atoms with Crippen LogP contribution < -0.4 is 5.43 Å². The number of nitrogens with one attached hydrogen (secondary N) is 1. The monoisotopic (exact) mass is 413 g/mol. The van der Waals surface area contributed by atoms with E-state index in [1.54, 1.807) is 0 Å². The van der Waals surface area contributed by atoms with Crippen LogP contribution in [0.1, 0.15) is 5.56 Å². The molecular weight excluding hydrogens is 394 g/mol. The third-order valence-corrected chi connectivity index (χ3v) is 5.47. The van der Waals surface area contributed by atoms with Gasteiger partial charge in [0.25, 0.3) is 0 Å². The lowest BCUT2D eigenvalue weighted by Gasteiger charge is -2.02. The van der Waals surface area contributed by atoms with Crippen LogP contribution in [0, 0.1) is 0 Å². The van der Waals surface area contributed by atoms with Crippen molar-refractivity contribution in [2.75, 3.05) is 5.43 Å². The zero-order valence-electron chi connectivity index (χ0n) is 16.0. The number of aliphatic carboxylic acids is 1. The van der Waals surface area contributed by atoms with E-state index in [-0.39, 0.29) is 12.1 Å². The van der Waals surface area contributed by atoms with Gasteiger partial charge in [0, 0.05) is 12.0 Å². The number of aromatic nitrogens is 1. The summed E-state index contributed by atoms with van der Waals surface area (Å²) in [5.41, 5.74) is 6.65. The molecule has 4 aromatic rings. The summed E-state index contributed by atoms with van der Waals surface area (Å²) < 4.78 is 0. The van der Waals surface area contributed by atoms with Crippen molar-refractivity contribution < 1.29 is 9.90 Å². The van der Waals surface area contributed by atoms with Crippen LogP contribution in [0.2, 0.25) is 0 Å². The van der Waals surface area contributed by atoms with Crippen molar-refractivity contribution in [3.8, 4) is 21.7 Å². The van der Waals surface area contributed by atoms with Crippen molar-refractivity contribution in [2.45, 2.75) is 6.42 Å². The molecule has 1 aromatic heterocycles. The minimum atomic E-state index is -1.06. The number of carbonyl (C=O) groups is 1. The number of hydrazone groups is 1. The van der Waals surface area contributed by atoms with Gasteiger partial charge in [-0.3, -0.25) is 5.43 Å². The molecular formula is C24H19N3O2S. The van der Waals surface area contributed by atoms with Gasteiger partial charge in [0.05, 0.1) is 10.6 Å². The number of nitrogens with zero attached hydrogens (tertiary/aromatic N) is 2. The summed E-state index contributed by atoms with van der Waals surface area (Å²) in [6, 6.07) is 29.3. The van der Waals surface area contributed by atoms with Gasteiger partial charge in [0.15, 0.2) is 0 Å². The highest BCUT2D eigenvalue weighted by atomic mass is 32.1. The lowest BCUT2D eigenvalue weighted by Crippen LogP contribution is -2.17. The Morgan fingerprint density at radius 1 is 0.867 bits per heavy atom. The standard InChI is InChI=1S/C24H19N3O2S/c28-23(29)20(16-17-10-4-1-5-11-17)26-27-24-25-21(18-12-6-2-7-13-18)22(30-24)19-14-8-3-9-15-19/h1-15H,16H2,(H,25,27)(H,28,29). The molecule has 2 N–H and O–H groups in total. The number of carboxylic acids is 1. The zero-order valence-corrected chi connectivity index (χ0v) is 16.8. The van der Waals surface area contributed by atoms with Crippen LogP contribution in [0.5, 0.6) is 0 Å². The molecule has 0 unspecified atom stereocenters. The molecule has 0 atom stereocenters. The lowest BCUT2D eigenvalue weighted by atomic mass is 10.1. The molecule has 30 heavy (non-hydrogen) atoms. The number of thiazole rings is 1. The molecule has 0 aliphatic carbocycles. The maximum atomic E-state index is 11.7. The molecule has 0 radical (unpaired) electrons. The fourth-order valence-corrected chi connectivity index (χ4v) is 3.95. The van der Waals surface area contributed by atoms with Crippen LogP contribution in [-0.2, 0) is 11.2 Å². The molecule has 0 aliphatic rings. The van der Waals surface area contributed by atoms with Gasteiger partial charge in [-0.05, 0) is 11.1 Å². The van der Waals surface area contributed by atoms with Crippen LogP contribution in [-0.4, -0.2) is 21.8 Å². The number of hydrogen-bond donors (Lipinski definition) is 2. The van der Waals surface area contributed by atoms with Crippen molar-refractivity contribution in [1.29, 1.82) is 0 Å². The first-order valence-corrected chi connectivity index (χ1v) is 10.2. The quantitative estimate of drug-likeness (QED) is 0.307. The highest BCUT2D eigenvalue weighted by Gasteiger charge is 2.16. The fraction of sp³-hybridized carbons (Fsp3) is 0.0417. The van der Waals surface area contributed by atoms with E-state index >= 15 is 0 Å². The molecule has 0 spiro atoms.